The van der Waals surface area contributed by atoms with Crippen LogP contribution >= 0.6 is 0 Å². The molecule has 0 N–H and O–H groups in total. The molecule has 0 radical (unpaired) electrons. The van der Waals surface area contributed by atoms with Gasteiger partial charge in [0.1, 0.15) is 0 Å². The highest BCUT2D eigenvalue weighted by Crippen LogP contribution is 2.43. The molecule has 3 aromatic heterocycles. The standard InChI is InChI=1S/C50H32N4/c1-3-15-33(16-4-1)43-32-44(52-50(51-43)34-17-5-2-6-18-34)48-38-20-8-7-19-35(38)31-42-41-23-11-14-26-47(41)54(49(42)48)37-29-27-36(28-30-37)53-45-24-12-9-21-39(45)40-22-10-13-25-46(40)53/h1-32H. The van der Waals surface area contributed by atoms with E-state index in [-0.39, 0.29) is 0 Å². The average Bonchev–Trinajstić information content (AvgIpc) is 3.76. The zero-order valence-corrected chi connectivity index (χ0v) is 29.3. The Morgan fingerprint density at radius 2 is 0.796 bits per heavy atom. The zero-order chi connectivity index (χ0) is 35.6. The molecule has 0 unspecified atom stereocenters. The van der Waals surface area contributed by atoms with E-state index in [1.807, 2.05) is 24.3 Å². The van der Waals surface area contributed by atoms with Gasteiger partial charge < -0.3 is 9.13 Å². The predicted molar refractivity (Wildman–Crippen MR) is 225 cm³/mol. The van der Waals surface area contributed by atoms with Crippen LogP contribution in [-0.2, 0) is 0 Å². The van der Waals surface area contributed by atoms with Gasteiger partial charge >= 0.3 is 0 Å². The number of hydrogen-bond acceptors (Lipinski definition) is 2. The number of rotatable bonds is 5. The lowest BCUT2D eigenvalue weighted by atomic mass is 9.96. The highest BCUT2D eigenvalue weighted by atomic mass is 15.0. The fourth-order valence-electron chi connectivity index (χ4n) is 8.32. The van der Waals surface area contributed by atoms with Crippen LogP contribution in [0.15, 0.2) is 194 Å². The van der Waals surface area contributed by atoms with E-state index in [9.17, 15) is 0 Å². The van der Waals surface area contributed by atoms with Gasteiger partial charge in [0.05, 0.1) is 33.5 Å². The van der Waals surface area contributed by atoms with E-state index in [0.29, 0.717) is 5.82 Å². The first-order valence-corrected chi connectivity index (χ1v) is 18.3. The van der Waals surface area contributed by atoms with E-state index < -0.39 is 0 Å². The molecule has 252 valence electrons. The van der Waals surface area contributed by atoms with Crippen molar-refractivity contribution in [1.82, 2.24) is 19.1 Å². The molecule has 0 aliphatic carbocycles. The largest absolute Gasteiger partial charge is 0.309 e. The van der Waals surface area contributed by atoms with E-state index in [4.69, 9.17) is 9.97 Å². The molecule has 0 aliphatic heterocycles. The molecule has 0 saturated carbocycles. The predicted octanol–water partition coefficient (Wildman–Crippen LogP) is 12.8. The van der Waals surface area contributed by atoms with Gasteiger partial charge in [-0.05, 0) is 65.4 Å². The number of para-hydroxylation sites is 3. The Morgan fingerprint density at radius 3 is 1.43 bits per heavy atom. The minimum atomic E-state index is 0.700. The Bertz CT molecular complexity index is 3080. The Labute approximate surface area is 311 Å². The molecule has 0 amide bonds. The van der Waals surface area contributed by atoms with E-state index in [2.05, 4.69) is 179 Å². The van der Waals surface area contributed by atoms with Crippen LogP contribution in [0, 0.1) is 0 Å². The highest BCUT2D eigenvalue weighted by molar-refractivity contribution is 6.21. The van der Waals surface area contributed by atoms with Gasteiger partial charge in [0.25, 0.3) is 0 Å². The molecular formula is C50H32N4. The number of benzene rings is 8. The van der Waals surface area contributed by atoms with Crippen LogP contribution in [0.25, 0.3) is 99.7 Å². The monoisotopic (exact) mass is 688 g/mol. The van der Waals surface area contributed by atoms with Crippen LogP contribution in [0.5, 0.6) is 0 Å². The molecule has 0 spiro atoms. The molecule has 0 bridgehead atoms. The highest BCUT2D eigenvalue weighted by Gasteiger charge is 2.22. The van der Waals surface area contributed by atoms with E-state index in [1.165, 1.54) is 38.0 Å². The van der Waals surface area contributed by atoms with E-state index >= 15 is 0 Å². The van der Waals surface area contributed by atoms with Gasteiger partial charge in [-0.1, -0.05) is 140 Å². The van der Waals surface area contributed by atoms with Gasteiger partial charge in [-0.2, -0.15) is 0 Å². The van der Waals surface area contributed by atoms with Crippen LogP contribution in [0.4, 0.5) is 0 Å². The van der Waals surface area contributed by atoms with Gasteiger partial charge in [-0.15, -0.1) is 0 Å². The summed E-state index contributed by atoms with van der Waals surface area (Å²) < 4.78 is 4.80. The summed E-state index contributed by atoms with van der Waals surface area (Å²) >= 11 is 0. The second-order valence-corrected chi connectivity index (χ2v) is 13.8. The summed E-state index contributed by atoms with van der Waals surface area (Å²) in [5.74, 6) is 0.700. The average molecular weight is 689 g/mol. The molecule has 8 aromatic carbocycles. The molecule has 11 aromatic rings. The molecule has 0 saturated heterocycles. The second kappa shape index (κ2) is 12.1. The summed E-state index contributed by atoms with van der Waals surface area (Å²) in [5, 5.41) is 7.22. The van der Waals surface area contributed by atoms with Crippen LogP contribution in [-0.4, -0.2) is 19.1 Å². The summed E-state index contributed by atoms with van der Waals surface area (Å²) in [5.41, 5.74) is 11.8. The van der Waals surface area contributed by atoms with Crippen LogP contribution < -0.4 is 0 Å². The number of aromatic nitrogens is 4. The lowest BCUT2D eigenvalue weighted by Crippen LogP contribution is -2.00. The molecular weight excluding hydrogens is 657 g/mol. The van der Waals surface area contributed by atoms with Gasteiger partial charge in [-0.3, -0.25) is 0 Å². The Hall–Kier alpha value is -7.30. The molecule has 0 aliphatic rings. The van der Waals surface area contributed by atoms with Crippen molar-refractivity contribution in [3.63, 3.8) is 0 Å². The number of hydrogen-bond donors (Lipinski definition) is 0. The lowest BCUT2D eigenvalue weighted by Gasteiger charge is -2.16. The minimum Gasteiger partial charge on any atom is -0.309 e. The SMILES string of the molecule is c1ccc(-c2cc(-c3c4ccccc4cc4c5ccccc5n(-c5ccc(-n6c7ccccc7c7ccccc76)cc5)c34)nc(-c3ccccc3)n2)cc1. The third-order valence-electron chi connectivity index (χ3n) is 10.7. The Kier molecular flexibility index (Phi) is 6.82. The Morgan fingerprint density at radius 1 is 0.333 bits per heavy atom. The maximum Gasteiger partial charge on any atom is 0.160 e. The molecule has 3 heterocycles. The summed E-state index contributed by atoms with van der Waals surface area (Å²) in [6.07, 6.45) is 0. The third-order valence-corrected chi connectivity index (χ3v) is 10.7. The first-order valence-electron chi connectivity index (χ1n) is 18.3. The van der Waals surface area contributed by atoms with Crippen LogP contribution in [0.2, 0.25) is 0 Å². The van der Waals surface area contributed by atoms with E-state index in [1.54, 1.807) is 0 Å². The zero-order valence-electron chi connectivity index (χ0n) is 29.3. The summed E-state index contributed by atoms with van der Waals surface area (Å²) in [7, 11) is 0. The first kappa shape index (κ1) is 30.3. The summed E-state index contributed by atoms with van der Waals surface area (Å²) in [6.45, 7) is 0. The summed E-state index contributed by atoms with van der Waals surface area (Å²) in [6, 6.07) is 69.0. The molecule has 4 nitrogen and oxygen atoms in total. The molecule has 54 heavy (non-hydrogen) atoms. The molecule has 4 heteroatoms. The van der Waals surface area contributed by atoms with Crippen molar-refractivity contribution in [2.24, 2.45) is 0 Å². The fraction of sp³-hybridized carbons (Fsp3) is 0. The maximum atomic E-state index is 5.38. The van der Waals surface area contributed by atoms with Crippen LogP contribution in [0.1, 0.15) is 0 Å². The van der Waals surface area contributed by atoms with Gasteiger partial charge in [0.15, 0.2) is 5.82 Å². The van der Waals surface area contributed by atoms with Gasteiger partial charge in [-0.25, -0.2) is 9.97 Å². The molecule has 11 rings (SSSR count). The maximum absolute atomic E-state index is 5.38. The van der Waals surface area contributed by atoms with Crippen molar-refractivity contribution >= 4 is 54.4 Å². The van der Waals surface area contributed by atoms with E-state index in [0.717, 1.165) is 55.9 Å². The number of fused-ring (bicyclic) bond motifs is 7. The van der Waals surface area contributed by atoms with Gasteiger partial charge in [0, 0.05) is 49.6 Å². The second-order valence-electron chi connectivity index (χ2n) is 13.8. The van der Waals surface area contributed by atoms with Gasteiger partial charge in [0.2, 0.25) is 0 Å². The number of nitrogens with zero attached hydrogens (tertiary/aromatic N) is 4. The normalized spacial score (nSPS) is 11.7. The molecule has 0 atom stereocenters. The lowest BCUT2D eigenvalue weighted by molar-refractivity contribution is 1.14. The van der Waals surface area contributed by atoms with Crippen molar-refractivity contribution in [3.05, 3.63) is 194 Å². The van der Waals surface area contributed by atoms with Crippen molar-refractivity contribution in [2.45, 2.75) is 0 Å². The van der Waals surface area contributed by atoms with Crippen LogP contribution in [0.3, 0.4) is 0 Å². The fourth-order valence-corrected chi connectivity index (χ4v) is 8.32. The van der Waals surface area contributed by atoms with Crippen molar-refractivity contribution in [2.75, 3.05) is 0 Å². The Balaban J connectivity index is 1.21. The first-order chi connectivity index (χ1) is 26.8. The minimum absolute atomic E-state index is 0.700. The van der Waals surface area contributed by atoms with Crippen molar-refractivity contribution in [3.8, 4) is 45.3 Å². The third kappa shape index (κ3) is 4.70. The van der Waals surface area contributed by atoms with Crippen molar-refractivity contribution < 1.29 is 0 Å². The molecule has 0 fully saturated rings. The smallest absolute Gasteiger partial charge is 0.160 e. The van der Waals surface area contributed by atoms with Crippen molar-refractivity contribution in [1.29, 1.82) is 0 Å². The topological polar surface area (TPSA) is 35.6 Å². The quantitative estimate of drug-likeness (QED) is 0.180. The summed E-state index contributed by atoms with van der Waals surface area (Å²) in [4.78, 5) is 10.5.